The van der Waals surface area contributed by atoms with Crippen LogP contribution in [0.2, 0.25) is 0 Å². The first-order chi connectivity index (χ1) is 8.89. The summed E-state index contributed by atoms with van der Waals surface area (Å²) in [4.78, 5) is 4.56. The highest BCUT2D eigenvalue weighted by atomic mass is 32.2. The largest absolute Gasteiger partial charge is 0.395 e. The van der Waals surface area contributed by atoms with E-state index in [4.69, 9.17) is 10.8 Å². The van der Waals surface area contributed by atoms with Gasteiger partial charge in [0.15, 0.2) is 15.8 Å². The fraction of sp³-hybridized carbons (Fsp3) is 0.500. The standard InChI is InChI=1S/C10H16N4O3S2/c1-7(2)14(3-5-15)19(16,17)9-8(11)12-10-13(9)4-6-18-10/h4,6-7,15H,3,5,11H2,1-2H3. The molecule has 2 aromatic heterocycles. The molecule has 0 saturated heterocycles. The maximum Gasteiger partial charge on any atom is 0.263 e. The molecule has 0 aromatic carbocycles. The zero-order valence-electron chi connectivity index (χ0n) is 10.6. The minimum absolute atomic E-state index is 0.0181. The van der Waals surface area contributed by atoms with Crippen molar-refractivity contribution in [3.8, 4) is 0 Å². The molecular weight excluding hydrogens is 288 g/mol. The SMILES string of the molecule is CC(C)N(CCO)S(=O)(=O)c1c(N)nc2sccn12. The van der Waals surface area contributed by atoms with Crippen LogP contribution in [0.15, 0.2) is 16.6 Å². The fourth-order valence-electron chi connectivity index (χ4n) is 1.90. The van der Waals surface area contributed by atoms with Gasteiger partial charge in [-0.25, -0.2) is 13.4 Å². The molecule has 0 amide bonds. The summed E-state index contributed by atoms with van der Waals surface area (Å²) in [5, 5.41) is 10.7. The summed E-state index contributed by atoms with van der Waals surface area (Å²) in [7, 11) is -3.79. The molecule has 7 nitrogen and oxygen atoms in total. The Bertz CT molecular complexity index is 674. The van der Waals surface area contributed by atoms with Gasteiger partial charge in [0.2, 0.25) is 0 Å². The molecule has 0 fully saturated rings. The maximum atomic E-state index is 12.6. The lowest BCUT2D eigenvalue weighted by Crippen LogP contribution is -2.39. The van der Waals surface area contributed by atoms with Gasteiger partial charge in [0.25, 0.3) is 10.0 Å². The number of hydrogen-bond donors (Lipinski definition) is 2. The second-order valence-electron chi connectivity index (χ2n) is 4.29. The van der Waals surface area contributed by atoms with Crippen LogP contribution in [0.3, 0.4) is 0 Å². The number of nitrogens with zero attached hydrogens (tertiary/aromatic N) is 3. The molecule has 0 bridgehead atoms. The number of fused-ring (bicyclic) bond motifs is 1. The first-order valence-electron chi connectivity index (χ1n) is 5.73. The van der Waals surface area contributed by atoms with Gasteiger partial charge in [0.05, 0.1) is 6.61 Å². The Balaban J connectivity index is 2.60. The fourth-order valence-corrected chi connectivity index (χ4v) is 4.49. The molecule has 0 saturated carbocycles. The van der Waals surface area contributed by atoms with Gasteiger partial charge in [-0.3, -0.25) is 4.40 Å². The molecule has 2 heterocycles. The third-order valence-corrected chi connectivity index (χ3v) is 5.57. The van der Waals surface area contributed by atoms with Crippen molar-refractivity contribution in [2.24, 2.45) is 0 Å². The van der Waals surface area contributed by atoms with E-state index in [1.165, 1.54) is 20.0 Å². The van der Waals surface area contributed by atoms with Crippen molar-refractivity contribution >= 4 is 32.1 Å². The van der Waals surface area contributed by atoms with Crippen LogP contribution in [0.5, 0.6) is 0 Å². The lowest BCUT2D eigenvalue weighted by molar-refractivity contribution is 0.236. The molecule has 0 aliphatic rings. The van der Waals surface area contributed by atoms with Crippen LogP contribution < -0.4 is 5.73 Å². The van der Waals surface area contributed by atoms with Gasteiger partial charge in [0.1, 0.15) is 0 Å². The summed E-state index contributed by atoms with van der Waals surface area (Å²) in [6.07, 6.45) is 1.62. The molecular formula is C10H16N4O3S2. The maximum absolute atomic E-state index is 12.6. The monoisotopic (exact) mass is 304 g/mol. The third-order valence-electron chi connectivity index (χ3n) is 2.69. The molecule has 2 aromatic rings. The summed E-state index contributed by atoms with van der Waals surface area (Å²) in [6, 6.07) is -0.277. The van der Waals surface area contributed by atoms with Crippen molar-refractivity contribution in [1.82, 2.24) is 13.7 Å². The minimum Gasteiger partial charge on any atom is -0.395 e. The van der Waals surface area contributed by atoms with Crippen LogP contribution in [0.4, 0.5) is 5.82 Å². The predicted octanol–water partition coefficient (Wildman–Crippen LogP) is 0.369. The molecule has 19 heavy (non-hydrogen) atoms. The van der Waals surface area contributed by atoms with Crippen molar-refractivity contribution in [3.05, 3.63) is 11.6 Å². The lowest BCUT2D eigenvalue weighted by Gasteiger charge is -2.24. The topological polar surface area (TPSA) is 101 Å². The third kappa shape index (κ3) is 2.34. The van der Waals surface area contributed by atoms with Crippen molar-refractivity contribution in [3.63, 3.8) is 0 Å². The van der Waals surface area contributed by atoms with E-state index >= 15 is 0 Å². The highest BCUT2D eigenvalue weighted by molar-refractivity contribution is 7.89. The molecule has 106 valence electrons. The Hall–Kier alpha value is -1.16. The average molecular weight is 304 g/mol. The van der Waals surface area contributed by atoms with Gasteiger partial charge >= 0.3 is 0 Å². The van der Waals surface area contributed by atoms with Gasteiger partial charge in [-0.05, 0) is 13.8 Å². The summed E-state index contributed by atoms with van der Waals surface area (Å²) >= 11 is 1.31. The van der Waals surface area contributed by atoms with Crippen molar-refractivity contribution in [2.75, 3.05) is 18.9 Å². The Morgan fingerprint density at radius 2 is 2.26 bits per heavy atom. The number of imidazole rings is 1. The molecule has 9 heteroatoms. The van der Waals surface area contributed by atoms with Gasteiger partial charge < -0.3 is 10.8 Å². The highest BCUT2D eigenvalue weighted by Gasteiger charge is 2.32. The number of hydrogen-bond acceptors (Lipinski definition) is 6. The molecule has 0 atom stereocenters. The van der Waals surface area contributed by atoms with Crippen molar-refractivity contribution < 1.29 is 13.5 Å². The predicted molar refractivity (Wildman–Crippen MR) is 73.6 cm³/mol. The number of rotatable bonds is 5. The molecule has 3 N–H and O–H groups in total. The summed E-state index contributed by atoms with van der Waals surface area (Å²) < 4.78 is 27.9. The van der Waals surface area contributed by atoms with E-state index in [0.29, 0.717) is 4.96 Å². The first-order valence-corrected chi connectivity index (χ1v) is 8.05. The van der Waals surface area contributed by atoms with Crippen molar-refractivity contribution in [1.29, 1.82) is 0 Å². The summed E-state index contributed by atoms with van der Waals surface area (Å²) in [5.74, 6) is -0.0181. The van der Waals surface area contributed by atoms with Crippen molar-refractivity contribution in [2.45, 2.75) is 24.9 Å². The van der Waals surface area contributed by atoms with E-state index in [1.54, 1.807) is 25.4 Å². The number of nitrogens with two attached hydrogens (primary N) is 1. The van der Waals surface area contributed by atoms with E-state index in [0.717, 1.165) is 0 Å². The van der Waals surface area contributed by atoms with Gasteiger partial charge in [-0.1, -0.05) is 0 Å². The molecule has 0 spiro atoms. The normalized spacial score (nSPS) is 12.9. The quantitative estimate of drug-likeness (QED) is 0.831. The second-order valence-corrected chi connectivity index (χ2v) is 6.97. The van der Waals surface area contributed by atoms with Crippen LogP contribution >= 0.6 is 11.3 Å². The first kappa shape index (κ1) is 14.3. The smallest absolute Gasteiger partial charge is 0.263 e. The number of sulfonamides is 1. The molecule has 0 radical (unpaired) electrons. The van der Waals surface area contributed by atoms with Crippen LogP contribution in [-0.4, -0.2) is 46.4 Å². The zero-order valence-corrected chi connectivity index (χ0v) is 12.3. The lowest BCUT2D eigenvalue weighted by atomic mass is 10.4. The number of nitrogen functional groups attached to an aromatic ring is 1. The molecule has 0 aliphatic carbocycles. The Morgan fingerprint density at radius 1 is 1.58 bits per heavy atom. The number of anilines is 1. The van der Waals surface area contributed by atoms with E-state index in [1.807, 2.05) is 0 Å². The molecule has 0 aliphatic heterocycles. The van der Waals surface area contributed by atoms with Crippen LogP contribution in [-0.2, 0) is 10.0 Å². The molecule has 2 rings (SSSR count). The highest BCUT2D eigenvalue weighted by Crippen LogP contribution is 2.27. The van der Waals surface area contributed by atoms with E-state index in [-0.39, 0.29) is 30.0 Å². The van der Waals surface area contributed by atoms with Crippen LogP contribution in [0.1, 0.15) is 13.8 Å². The van der Waals surface area contributed by atoms with Gasteiger partial charge in [-0.15, -0.1) is 11.3 Å². The average Bonchev–Trinajstić information content (AvgIpc) is 2.83. The van der Waals surface area contributed by atoms with Gasteiger partial charge in [0, 0.05) is 24.2 Å². The van der Waals surface area contributed by atoms with Crippen LogP contribution in [0.25, 0.3) is 4.96 Å². The number of thiazole rings is 1. The molecule has 0 unspecified atom stereocenters. The van der Waals surface area contributed by atoms with Gasteiger partial charge in [-0.2, -0.15) is 4.31 Å². The Morgan fingerprint density at radius 3 is 2.84 bits per heavy atom. The minimum atomic E-state index is -3.79. The van der Waals surface area contributed by atoms with Crippen LogP contribution in [0, 0.1) is 0 Å². The number of aliphatic hydroxyl groups excluding tert-OH is 1. The van der Waals surface area contributed by atoms with E-state index in [9.17, 15) is 8.42 Å². The number of aliphatic hydroxyl groups is 1. The second kappa shape index (κ2) is 5.08. The number of aromatic nitrogens is 2. The zero-order chi connectivity index (χ0) is 14.2. The Kier molecular flexibility index (Phi) is 3.81. The van der Waals surface area contributed by atoms with E-state index < -0.39 is 10.0 Å². The Labute approximate surface area is 115 Å². The summed E-state index contributed by atoms with van der Waals surface area (Å²) in [6.45, 7) is 3.27. The van der Waals surface area contributed by atoms with E-state index in [2.05, 4.69) is 4.98 Å². The summed E-state index contributed by atoms with van der Waals surface area (Å²) in [5.41, 5.74) is 5.72.